The lowest BCUT2D eigenvalue weighted by molar-refractivity contribution is 0.294. The average molecular weight is 410 g/mol. The molecule has 1 atom stereocenters. The van der Waals surface area contributed by atoms with Gasteiger partial charge in [0.15, 0.2) is 11.8 Å². The van der Waals surface area contributed by atoms with Crippen molar-refractivity contribution in [2.24, 2.45) is 16.6 Å². The van der Waals surface area contributed by atoms with Crippen LogP contribution in [0, 0.1) is 10.8 Å². The van der Waals surface area contributed by atoms with Gasteiger partial charge in [-0.1, -0.05) is 34.6 Å². The molecule has 0 radical (unpaired) electrons. The summed E-state index contributed by atoms with van der Waals surface area (Å²) in [6.07, 6.45) is 2.20. The summed E-state index contributed by atoms with van der Waals surface area (Å²) in [7, 11) is 0. The number of aromatic hydroxyl groups is 2. The first kappa shape index (κ1) is 24.0. The fourth-order valence-corrected chi connectivity index (χ4v) is 4.57. The predicted molar refractivity (Wildman–Crippen MR) is 120 cm³/mol. The number of aromatic nitrogens is 1. The molecule has 0 spiro atoms. The van der Waals surface area contributed by atoms with E-state index >= 15 is 0 Å². The molecule has 1 aliphatic carbocycles. The van der Waals surface area contributed by atoms with Crippen LogP contribution in [-0.4, -0.2) is 60.6 Å². The molecule has 168 valence electrons. The summed E-state index contributed by atoms with van der Waals surface area (Å²) in [5, 5.41) is 31.1. The third-order valence-electron chi connectivity index (χ3n) is 6.74. The summed E-state index contributed by atoms with van der Waals surface area (Å²) in [5.74, 6) is 0.331. The van der Waals surface area contributed by atoms with E-state index in [-0.39, 0.29) is 22.6 Å². The molecule has 7 N–H and O–H groups in total. The molecule has 29 heavy (non-hydrogen) atoms. The van der Waals surface area contributed by atoms with Crippen molar-refractivity contribution in [2.75, 3.05) is 45.8 Å². The van der Waals surface area contributed by atoms with E-state index in [1.54, 1.807) is 10.6 Å². The molecular weight excluding hydrogens is 366 g/mol. The highest BCUT2D eigenvalue weighted by molar-refractivity contribution is 5.41. The summed E-state index contributed by atoms with van der Waals surface area (Å²) < 4.78 is 1.61. The maximum atomic E-state index is 10.8. The first-order chi connectivity index (χ1) is 13.5. The van der Waals surface area contributed by atoms with Gasteiger partial charge in [-0.3, -0.25) is 4.57 Å². The van der Waals surface area contributed by atoms with E-state index in [0.29, 0.717) is 25.0 Å². The van der Waals surface area contributed by atoms with Crippen molar-refractivity contribution in [1.29, 1.82) is 0 Å². The summed E-state index contributed by atoms with van der Waals surface area (Å²) in [6.45, 7) is 17.5. The molecule has 7 nitrogen and oxygen atoms in total. The van der Waals surface area contributed by atoms with E-state index in [4.69, 9.17) is 5.73 Å². The Morgan fingerprint density at radius 1 is 1.00 bits per heavy atom. The highest BCUT2D eigenvalue weighted by Crippen LogP contribution is 2.67. The molecule has 0 aromatic carbocycles. The number of hydrogen-bond donors (Lipinski definition) is 6. The lowest BCUT2D eigenvalue weighted by atomic mass is 9.75. The van der Waals surface area contributed by atoms with Crippen LogP contribution >= 0.6 is 0 Å². The number of nitrogens with zero attached hydrogens (tertiary/aromatic N) is 1. The molecule has 0 aliphatic heterocycles. The first-order valence-corrected chi connectivity index (χ1v) is 11.0. The van der Waals surface area contributed by atoms with Gasteiger partial charge in [0.1, 0.15) is 0 Å². The second-order valence-electron chi connectivity index (χ2n) is 10.1. The highest BCUT2D eigenvalue weighted by atomic mass is 16.3. The first-order valence-electron chi connectivity index (χ1n) is 11.0. The second kappa shape index (κ2) is 9.69. The van der Waals surface area contributed by atoms with E-state index < -0.39 is 0 Å². The quantitative estimate of drug-likeness (QED) is 0.261. The predicted octanol–water partition coefficient (Wildman–Crippen LogP) is 1.73. The van der Waals surface area contributed by atoms with E-state index in [2.05, 4.69) is 50.6 Å². The number of hydrogen-bond acceptors (Lipinski definition) is 6. The van der Waals surface area contributed by atoms with Gasteiger partial charge >= 0.3 is 0 Å². The van der Waals surface area contributed by atoms with Gasteiger partial charge in [0.2, 0.25) is 0 Å². The summed E-state index contributed by atoms with van der Waals surface area (Å²) in [5.41, 5.74) is 6.71. The monoisotopic (exact) mass is 409 g/mol. The fraction of sp³-hybridized carbons (Fsp3) is 0.818. The zero-order chi connectivity index (χ0) is 21.7. The standard InChI is InChI=1S/C22H43N5O2/c1-20(2,15-22(5)16-21(22,3)4)17-14-18(28)27(19(17)29)13-12-26-11-10-25-9-8-24-7-6-23/h14,24-26,28-29H,6-13,15-16,23H2,1-5H3. The van der Waals surface area contributed by atoms with Gasteiger partial charge in [0.05, 0.1) is 0 Å². The Morgan fingerprint density at radius 2 is 1.52 bits per heavy atom. The number of nitrogens with two attached hydrogens (primary N) is 1. The van der Waals surface area contributed by atoms with Crippen LogP contribution in [0.1, 0.15) is 53.0 Å². The minimum absolute atomic E-state index is 0.136. The van der Waals surface area contributed by atoms with Crippen LogP contribution in [0.15, 0.2) is 6.07 Å². The van der Waals surface area contributed by atoms with E-state index in [1.807, 2.05) is 0 Å². The van der Waals surface area contributed by atoms with Crippen molar-refractivity contribution >= 4 is 0 Å². The van der Waals surface area contributed by atoms with E-state index in [9.17, 15) is 10.2 Å². The summed E-state index contributed by atoms with van der Waals surface area (Å²) in [4.78, 5) is 0. The van der Waals surface area contributed by atoms with Gasteiger partial charge in [-0.25, -0.2) is 0 Å². The molecule has 2 rings (SSSR count). The SMILES string of the molecule is CC(C)(CC1(C)CC1(C)C)c1cc(O)n(CCNCCNCCNCCN)c1O. The van der Waals surface area contributed by atoms with Crippen LogP contribution in [0.2, 0.25) is 0 Å². The molecule has 1 aromatic rings. The van der Waals surface area contributed by atoms with Crippen molar-refractivity contribution < 1.29 is 10.2 Å². The topological polar surface area (TPSA) is 108 Å². The van der Waals surface area contributed by atoms with Gasteiger partial charge in [0, 0.05) is 64.0 Å². The Labute approximate surface area is 176 Å². The Bertz CT molecular complexity index is 656. The Balaban J connectivity index is 1.78. The average Bonchev–Trinajstić information content (AvgIpc) is 2.95. The van der Waals surface area contributed by atoms with Crippen LogP contribution < -0.4 is 21.7 Å². The van der Waals surface area contributed by atoms with Crippen molar-refractivity contribution in [3.8, 4) is 11.8 Å². The fourth-order valence-electron chi connectivity index (χ4n) is 4.57. The molecule has 7 heteroatoms. The van der Waals surface area contributed by atoms with Gasteiger partial charge in [-0.15, -0.1) is 0 Å². The van der Waals surface area contributed by atoms with Crippen LogP contribution in [0.25, 0.3) is 0 Å². The number of nitrogens with one attached hydrogen (secondary N) is 3. The molecule has 1 aliphatic rings. The molecule has 0 amide bonds. The van der Waals surface area contributed by atoms with Crippen molar-refractivity contribution in [1.82, 2.24) is 20.5 Å². The molecular formula is C22H43N5O2. The molecule has 0 saturated heterocycles. The maximum absolute atomic E-state index is 10.8. The molecule has 1 aromatic heterocycles. The van der Waals surface area contributed by atoms with Crippen LogP contribution in [-0.2, 0) is 12.0 Å². The van der Waals surface area contributed by atoms with Crippen LogP contribution in [0.5, 0.6) is 11.8 Å². The molecule has 1 unspecified atom stereocenters. The number of rotatable bonds is 14. The lowest BCUT2D eigenvalue weighted by Crippen LogP contribution is -2.34. The molecule has 1 saturated carbocycles. The minimum Gasteiger partial charge on any atom is -0.494 e. The molecule has 1 heterocycles. The second-order valence-corrected chi connectivity index (χ2v) is 10.1. The van der Waals surface area contributed by atoms with Crippen molar-refractivity contribution in [2.45, 2.75) is 59.4 Å². The molecule has 0 bridgehead atoms. The van der Waals surface area contributed by atoms with E-state index in [0.717, 1.165) is 44.7 Å². The zero-order valence-electron chi connectivity index (χ0n) is 19.1. The Morgan fingerprint density at radius 3 is 2.03 bits per heavy atom. The third kappa shape index (κ3) is 6.10. The maximum Gasteiger partial charge on any atom is 0.197 e. The van der Waals surface area contributed by atoms with Gasteiger partial charge < -0.3 is 31.9 Å². The third-order valence-corrected chi connectivity index (χ3v) is 6.74. The van der Waals surface area contributed by atoms with Gasteiger partial charge in [0.25, 0.3) is 0 Å². The van der Waals surface area contributed by atoms with E-state index in [1.165, 1.54) is 6.42 Å². The van der Waals surface area contributed by atoms with Crippen molar-refractivity contribution in [3.63, 3.8) is 0 Å². The largest absolute Gasteiger partial charge is 0.494 e. The normalized spacial score (nSPS) is 20.9. The smallest absolute Gasteiger partial charge is 0.197 e. The van der Waals surface area contributed by atoms with Crippen molar-refractivity contribution in [3.05, 3.63) is 11.6 Å². The van der Waals surface area contributed by atoms with Gasteiger partial charge in [-0.2, -0.15) is 0 Å². The summed E-state index contributed by atoms with van der Waals surface area (Å²) >= 11 is 0. The minimum atomic E-state index is -0.190. The van der Waals surface area contributed by atoms with Crippen LogP contribution in [0.3, 0.4) is 0 Å². The molecule has 1 fully saturated rings. The van der Waals surface area contributed by atoms with Gasteiger partial charge in [-0.05, 0) is 29.1 Å². The highest BCUT2D eigenvalue weighted by Gasteiger charge is 2.59. The summed E-state index contributed by atoms with van der Waals surface area (Å²) in [6, 6.07) is 1.74. The zero-order valence-corrected chi connectivity index (χ0v) is 19.1. The van der Waals surface area contributed by atoms with Crippen LogP contribution in [0.4, 0.5) is 0 Å². The Kier molecular flexibility index (Phi) is 8.01. The lowest BCUT2D eigenvalue weighted by Gasteiger charge is -2.30. The Hall–Kier alpha value is -1.28.